The molecule has 1 aromatic carbocycles. The van der Waals surface area contributed by atoms with Crippen LogP contribution in [0, 0.1) is 5.82 Å². The highest BCUT2D eigenvalue weighted by Gasteiger charge is 2.27. The summed E-state index contributed by atoms with van der Waals surface area (Å²) in [4.78, 5) is 13.7. The van der Waals surface area contributed by atoms with Crippen LogP contribution in [0.5, 0.6) is 11.5 Å². The number of carbonyl (C=O) groups is 1. The van der Waals surface area contributed by atoms with Gasteiger partial charge < -0.3 is 15.2 Å². The van der Waals surface area contributed by atoms with E-state index >= 15 is 0 Å². The van der Waals surface area contributed by atoms with Gasteiger partial charge in [0.15, 0.2) is 11.5 Å². The minimum atomic E-state index is -0.484. The number of hydrogen-bond acceptors (Lipinski definition) is 4. The van der Waals surface area contributed by atoms with E-state index in [0.29, 0.717) is 19.8 Å². The van der Waals surface area contributed by atoms with Gasteiger partial charge in [-0.15, -0.1) is 0 Å². The second-order valence-electron chi connectivity index (χ2n) is 5.66. The van der Waals surface area contributed by atoms with E-state index in [1.165, 1.54) is 0 Å². The van der Waals surface area contributed by atoms with E-state index in [1.807, 2.05) is 4.90 Å². The third-order valence-corrected chi connectivity index (χ3v) is 3.99. The molecule has 0 aromatic heterocycles. The molecule has 1 heterocycles. The highest BCUT2D eigenvalue weighted by atomic mass is 19.1. The average molecular weight is 324 g/mol. The number of amides is 1. The lowest BCUT2D eigenvalue weighted by Gasteiger charge is -2.33. The first kappa shape index (κ1) is 17.5. The molecule has 0 saturated carbocycles. The molecule has 0 aliphatic carbocycles. The van der Waals surface area contributed by atoms with E-state index in [-0.39, 0.29) is 23.4 Å². The Morgan fingerprint density at radius 2 is 1.87 bits per heavy atom. The van der Waals surface area contributed by atoms with Crippen molar-refractivity contribution < 1.29 is 18.7 Å². The largest absolute Gasteiger partial charge is 0.491 e. The van der Waals surface area contributed by atoms with Gasteiger partial charge in [-0.2, -0.15) is 4.39 Å². The van der Waals surface area contributed by atoms with Crippen molar-refractivity contribution in [2.24, 2.45) is 5.73 Å². The van der Waals surface area contributed by atoms with Gasteiger partial charge in [-0.25, -0.2) is 0 Å². The fourth-order valence-corrected chi connectivity index (χ4v) is 2.98. The Kier molecular flexibility index (Phi) is 6.21. The summed E-state index contributed by atoms with van der Waals surface area (Å²) < 4.78 is 25.0. The summed E-state index contributed by atoms with van der Waals surface area (Å²) in [6.45, 7) is 5.69. The molecule has 1 unspecified atom stereocenters. The normalized spacial score (nSPS) is 18.7. The standard InChI is InChI=1S/C17H25FN2O3/c1-3-22-14-9-12(10-15(16(14)18)23-4-2)11-20-8-6-5-7-13(20)17(19)21/h9-10,13H,3-8,11H2,1-2H3,(H2,19,21). The Morgan fingerprint density at radius 1 is 1.26 bits per heavy atom. The molecule has 1 amide bonds. The van der Waals surface area contributed by atoms with Crippen molar-refractivity contribution in [2.75, 3.05) is 19.8 Å². The van der Waals surface area contributed by atoms with Crippen molar-refractivity contribution in [3.8, 4) is 11.5 Å². The highest BCUT2D eigenvalue weighted by molar-refractivity contribution is 5.79. The van der Waals surface area contributed by atoms with E-state index in [1.54, 1.807) is 26.0 Å². The molecule has 5 nitrogen and oxygen atoms in total. The van der Waals surface area contributed by atoms with Crippen LogP contribution in [0.4, 0.5) is 4.39 Å². The molecule has 1 atom stereocenters. The first-order chi connectivity index (χ1) is 11.1. The molecule has 0 spiro atoms. The molecule has 23 heavy (non-hydrogen) atoms. The minimum absolute atomic E-state index is 0.182. The summed E-state index contributed by atoms with van der Waals surface area (Å²) in [6, 6.07) is 3.09. The molecule has 1 aliphatic heterocycles. The van der Waals surface area contributed by atoms with E-state index in [2.05, 4.69) is 0 Å². The maximum absolute atomic E-state index is 14.3. The number of benzene rings is 1. The molecule has 0 bridgehead atoms. The highest BCUT2D eigenvalue weighted by Crippen LogP contribution is 2.30. The predicted octanol–water partition coefficient (Wildman–Crippen LogP) is 2.46. The van der Waals surface area contributed by atoms with Crippen molar-refractivity contribution in [3.63, 3.8) is 0 Å². The number of halogens is 1. The number of hydrogen-bond donors (Lipinski definition) is 1. The van der Waals surface area contributed by atoms with Crippen molar-refractivity contribution >= 4 is 5.91 Å². The van der Waals surface area contributed by atoms with Crippen LogP contribution >= 0.6 is 0 Å². The number of carbonyl (C=O) groups excluding carboxylic acids is 1. The van der Waals surface area contributed by atoms with Crippen LogP contribution < -0.4 is 15.2 Å². The van der Waals surface area contributed by atoms with E-state index < -0.39 is 5.82 Å². The van der Waals surface area contributed by atoms with Crippen LogP contribution in [0.15, 0.2) is 12.1 Å². The third kappa shape index (κ3) is 4.34. The van der Waals surface area contributed by atoms with Gasteiger partial charge in [-0.3, -0.25) is 9.69 Å². The number of piperidine rings is 1. The lowest BCUT2D eigenvalue weighted by atomic mass is 10.0. The zero-order valence-electron chi connectivity index (χ0n) is 13.8. The molecular weight excluding hydrogens is 299 g/mol. The summed E-state index contributed by atoms with van der Waals surface area (Å²) in [6.07, 6.45) is 2.80. The molecule has 1 saturated heterocycles. The summed E-state index contributed by atoms with van der Waals surface area (Å²) in [5, 5.41) is 0. The molecule has 1 aliphatic rings. The fourth-order valence-electron chi connectivity index (χ4n) is 2.98. The molecular formula is C17H25FN2O3. The van der Waals surface area contributed by atoms with Crippen LogP contribution in [0.25, 0.3) is 0 Å². The van der Waals surface area contributed by atoms with Gasteiger partial charge in [0.25, 0.3) is 0 Å². The fraction of sp³-hybridized carbons (Fsp3) is 0.588. The monoisotopic (exact) mass is 324 g/mol. The van der Waals surface area contributed by atoms with Crippen molar-refractivity contribution in [2.45, 2.75) is 45.7 Å². The Balaban J connectivity index is 2.25. The van der Waals surface area contributed by atoms with Gasteiger partial charge in [-0.1, -0.05) is 6.42 Å². The van der Waals surface area contributed by atoms with Crippen LogP contribution in [0.1, 0.15) is 38.7 Å². The topological polar surface area (TPSA) is 64.8 Å². The van der Waals surface area contributed by atoms with Crippen molar-refractivity contribution in [1.82, 2.24) is 4.90 Å². The summed E-state index contributed by atoms with van der Waals surface area (Å²) >= 11 is 0. The number of ether oxygens (including phenoxy) is 2. The van der Waals surface area contributed by atoms with E-state index in [4.69, 9.17) is 15.2 Å². The number of nitrogens with two attached hydrogens (primary N) is 1. The van der Waals surface area contributed by atoms with Gasteiger partial charge in [0.05, 0.1) is 19.3 Å². The van der Waals surface area contributed by atoms with Crippen LogP contribution in [0.3, 0.4) is 0 Å². The Bertz CT molecular complexity index is 524. The average Bonchev–Trinajstić information content (AvgIpc) is 2.52. The Hall–Kier alpha value is -1.82. The Morgan fingerprint density at radius 3 is 2.39 bits per heavy atom. The summed E-state index contributed by atoms with van der Waals surface area (Å²) in [5.74, 6) is -0.424. The quantitative estimate of drug-likeness (QED) is 0.837. The zero-order valence-corrected chi connectivity index (χ0v) is 13.8. The van der Waals surface area contributed by atoms with Gasteiger partial charge in [0.1, 0.15) is 0 Å². The molecule has 6 heteroatoms. The Labute approximate surface area is 136 Å². The molecule has 2 rings (SSSR count). The predicted molar refractivity (Wildman–Crippen MR) is 86.0 cm³/mol. The summed E-state index contributed by atoms with van der Waals surface area (Å²) in [7, 11) is 0. The van der Waals surface area contributed by atoms with E-state index in [0.717, 1.165) is 31.4 Å². The van der Waals surface area contributed by atoms with Crippen LogP contribution in [0.2, 0.25) is 0 Å². The molecule has 1 aromatic rings. The first-order valence-electron chi connectivity index (χ1n) is 8.18. The molecule has 0 radical (unpaired) electrons. The van der Waals surface area contributed by atoms with Crippen LogP contribution in [-0.2, 0) is 11.3 Å². The van der Waals surface area contributed by atoms with Crippen molar-refractivity contribution in [3.05, 3.63) is 23.5 Å². The third-order valence-electron chi connectivity index (χ3n) is 3.99. The zero-order chi connectivity index (χ0) is 16.8. The van der Waals surface area contributed by atoms with Crippen molar-refractivity contribution in [1.29, 1.82) is 0 Å². The SMILES string of the molecule is CCOc1cc(CN2CCCCC2C(N)=O)cc(OCC)c1F. The second-order valence-corrected chi connectivity index (χ2v) is 5.66. The summed E-state index contributed by atoms with van der Waals surface area (Å²) in [5.41, 5.74) is 6.35. The molecule has 128 valence electrons. The van der Waals surface area contributed by atoms with Gasteiger partial charge in [0.2, 0.25) is 11.7 Å². The van der Waals surface area contributed by atoms with Gasteiger partial charge in [0, 0.05) is 6.54 Å². The van der Waals surface area contributed by atoms with Gasteiger partial charge >= 0.3 is 0 Å². The first-order valence-corrected chi connectivity index (χ1v) is 8.18. The smallest absolute Gasteiger partial charge is 0.234 e. The van der Waals surface area contributed by atoms with E-state index in [9.17, 15) is 9.18 Å². The number of likely N-dealkylation sites (tertiary alicyclic amines) is 1. The van der Waals surface area contributed by atoms with Crippen LogP contribution in [-0.4, -0.2) is 36.6 Å². The maximum atomic E-state index is 14.3. The second kappa shape index (κ2) is 8.15. The maximum Gasteiger partial charge on any atom is 0.234 e. The molecule has 2 N–H and O–H groups in total. The number of primary amides is 1. The lowest BCUT2D eigenvalue weighted by Crippen LogP contribution is -2.47. The minimum Gasteiger partial charge on any atom is -0.491 e. The number of nitrogens with zero attached hydrogens (tertiary/aromatic N) is 1. The lowest BCUT2D eigenvalue weighted by molar-refractivity contribution is -0.124. The van der Waals surface area contributed by atoms with Gasteiger partial charge in [-0.05, 0) is 50.9 Å². The molecule has 1 fully saturated rings. The number of rotatable bonds is 7.